The first-order valence-electron chi connectivity index (χ1n) is 5.25. The molecule has 2 nitrogen and oxygen atoms in total. The SMILES string of the molecule is CC(Cc1ccc(O)cc1)N(C)CC(F)F. The Morgan fingerprint density at radius 2 is 1.81 bits per heavy atom. The second-order valence-corrected chi connectivity index (χ2v) is 4.05. The van der Waals surface area contributed by atoms with Crippen molar-refractivity contribution in [2.75, 3.05) is 13.6 Å². The molecule has 0 amide bonds. The summed E-state index contributed by atoms with van der Waals surface area (Å²) in [6, 6.07) is 6.88. The molecule has 1 aromatic rings. The second kappa shape index (κ2) is 5.80. The molecule has 0 fully saturated rings. The molecule has 16 heavy (non-hydrogen) atoms. The fraction of sp³-hybridized carbons (Fsp3) is 0.500. The molecule has 0 saturated heterocycles. The van der Waals surface area contributed by atoms with Gasteiger partial charge in [0.25, 0.3) is 6.43 Å². The fourth-order valence-corrected chi connectivity index (χ4v) is 1.53. The third kappa shape index (κ3) is 4.14. The van der Waals surface area contributed by atoms with E-state index in [0.29, 0.717) is 6.42 Å². The maximum Gasteiger partial charge on any atom is 0.251 e. The van der Waals surface area contributed by atoms with Crippen LogP contribution in [0.2, 0.25) is 0 Å². The Balaban J connectivity index is 2.50. The largest absolute Gasteiger partial charge is 0.508 e. The average molecular weight is 229 g/mol. The van der Waals surface area contributed by atoms with E-state index in [2.05, 4.69) is 0 Å². The summed E-state index contributed by atoms with van der Waals surface area (Å²) in [7, 11) is 1.69. The van der Waals surface area contributed by atoms with Crippen molar-refractivity contribution < 1.29 is 13.9 Å². The molecule has 1 N–H and O–H groups in total. The predicted octanol–water partition coefficient (Wildman–Crippen LogP) is 2.52. The number of hydrogen-bond donors (Lipinski definition) is 1. The molecule has 1 unspecified atom stereocenters. The number of halogens is 2. The maximum atomic E-state index is 12.2. The van der Waals surface area contributed by atoms with Crippen molar-refractivity contribution in [1.29, 1.82) is 0 Å². The van der Waals surface area contributed by atoms with E-state index in [-0.39, 0.29) is 18.3 Å². The van der Waals surface area contributed by atoms with Crippen LogP contribution in [0.3, 0.4) is 0 Å². The zero-order chi connectivity index (χ0) is 12.1. The van der Waals surface area contributed by atoms with E-state index >= 15 is 0 Å². The number of likely N-dealkylation sites (N-methyl/N-ethyl adjacent to an activating group) is 1. The molecule has 0 aliphatic heterocycles. The van der Waals surface area contributed by atoms with Gasteiger partial charge in [-0.2, -0.15) is 0 Å². The van der Waals surface area contributed by atoms with Gasteiger partial charge in [-0.25, -0.2) is 8.78 Å². The van der Waals surface area contributed by atoms with Crippen LogP contribution < -0.4 is 0 Å². The first-order chi connectivity index (χ1) is 7.49. The number of aromatic hydroxyl groups is 1. The van der Waals surface area contributed by atoms with E-state index in [1.165, 1.54) is 0 Å². The summed E-state index contributed by atoms with van der Waals surface area (Å²) in [6.45, 7) is 1.70. The Bertz CT molecular complexity index is 313. The van der Waals surface area contributed by atoms with Gasteiger partial charge >= 0.3 is 0 Å². The first-order valence-corrected chi connectivity index (χ1v) is 5.25. The van der Waals surface area contributed by atoms with Gasteiger partial charge in [-0.1, -0.05) is 12.1 Å². The number of rotatable bonds is 5. The lowest BCUT2D eigenvalue weighted by atomic mass is 10.1. The highest BCUT2D eigenvalue weighted by Crippen LogP contribution is 2.13. The number of nitrogens with zero attached hydrogens (tertiary/aromatic N) is 1. The van der Waals surface area contributed by atoms with E-state index in [0.717, 1.165) is 5.56 Å². The lowest BCUT2D eigenvalue weighted by Crippen LogP contribution is -2.34. The Labute approximate surface area is 94.5 Å². The minimum atomic E-state index is -2.30. The quantitative estimate of drug-likeness (QED) is 0.838. The molecule has 1 atom stereocenters. The lowest BCUT2D eigenvalue weighted by molar-refractivity contribution is 0.0843. The zero-order valence-corrected chi connectivity index (χ0v) is 9.53. The summed E-state index contributed by atoms with van der Waals surface area (Å²) in [5.74, 6) is 0.220. The van der Waals surface area contributed by atoms with Crippen LogP contribution in [0.15, 0.2) is 24.3 Å². The number of hydrogen-bond acceptors (Lipinski definition) is 2. The topological polar surface area (TPSA) is 23.5 Å². The van der Waals surface area contributed by atoms with Crippen molar-refractivity contribution in [1.82, 2.24) is 4.90 Å². The molecule has 0 saturated carbocycles. The molecule has 1 rings (SSSR count). The van der Waals surface area contributed by atoms with Crippen LogP contribution in [-0.2, 0) is 6.42 Å². The normalized spacial score (nSPS) is 13.4. The summed E-state index contributed by atoms with van der Waals surface area (Å²) in [5.41, 5.74) is 1.03. The Kier molecular flexibility index (Phi) is 4.68. The Hall–Kier alpha value is -1.16. The molecular weight excluding hydrogens is 212 g/mol. The summed E-state index contributed by atoms with van der Waals surface area (Å²) in [6.07, 6.45) is -1.60. The molecule has 0 aromatic heterocycles. The van der Waals surface area contributed by atoms with Crippen molar-refractivity contribution >= 4 is 0 Å². The zero-order valence-electron chi connectivity index (χ0n) is 9.53. The monoisotopic (exact) mass is 229 g/mol. The van der Waals surface area contributed by atoms with E-state index in [1.807, 2.05) is 19.1 Å². The van der Waals surface area contributed by atoms with Gasteiger partial charge in [0.15, 0.2) is 0 Å². The fourth-order valence-electron chi connectivity index (χ4n) is 1.53. The van der Waals surface area contributed by atoms with Gasteiger partial charge in [0, 0.05) is 6.04 Å². The van der Waals surface area contributed by atoms with Gasteiger partial charge in [0.1, 0.15) is 5.75 Å². The number of phenolic OH excluding ortho intramolecular Hbond substituents is 1. The first kappa shape index (κ1) is 12.9. The third-order valence-electron chi connectivity index (χ3n) is 2.65. The standard InChI is InChI=1S/C12H17F2NO/c1-9(15(2)8-12(13)14)7-10-3-5-11(16)6-4-10/h3-6,9,12,16H,7-8H2,1-2H3. The van der Waals surface area contributed by atoms with Gasteiger partial charge in [0.05, 0.1) is 6.54 Å². The summed E-state index contributed by atoms with van der Waals surface area (Å²) in [4.78, 5) is 1.64. The van der Waals surface area contributed by atoms with Crippen LogP contribution in [0.25, 0.3) is 0 Å². The smallest absolute Gasteiger partial charge is 0.251 e. The Morgan fingerprint density at radius 3 is 2.31 bits per heavy atom. The van der Waals surface area contributed by atoms with Crippen molar-refractivity contribution in [3.05, 3.63) is 29.8 Å². The van der Waals surface area contributed by atoms with Crippen molar-refractivity contribution in [2.24, 2.45) is 0 Å². The predicted molar refractivity (Wildman–Crippen MR) is 59.9 cm³/mol. The number of benzene rings is 1. The highest BCUT2D eigenvalue weighted by atomic mass is 19.3. The van der Waals surface area contributed by atoms with E-state index in [9.17, 15) is 8.78 Å². The molecule has 0 heterocycles. The summed E-state index contributed by atoms with van der Waals surface area (Å²) < 4.78 is 24.3. The van der Waals surface area contributed by atoms with Crippen LogP contribution in [0.4, 0.5) is 8.78 Å². The Morgan fingerprint density at radius 1 is 1.25 bits per heavy atom. The van der Waals surface area contributed by atoms with Crippen molar-refractivity contribution in [2.45, 2.75) is 25.8 Å². The van der Waals surface area contributed by atoms with E-state index < -0.39 is 6.43 Å². The van der Waals surface area contributed by atoms with Crippen LogP contribution in [-0.4, -0.2) is 36.1 Å². The summed E-state index contributed by atoms with van der Waals surface area (Å²) in [5, 5.41) is 9.11. The second-order valence-electron chi connectivity index (χ2n) is 4.05. The minimum absolute atomic E-state index is 0.0542. The van der Waals surface area contributed by atoms with E-state index in [1.54, 1.807) is 24.1 Å². The van der Waals surface area contributed by atoms with Gasteiger partial charge in [-0.3, -0.25) is 4.90 Å². The lowest BCUT2D eigenvalue weighted by Gasteiger charge is -2.24. The van der Waals surface area contributed by atoms with Crippen LogP contribution in [0.1, 0.15) is 12.5 Å². The van der Waals surface area contributed by atoms with Crippen molar-refractivity contribution in [3.63, 3.8) is 0 Å². The number of phenols is 1. The van der Waals surface area contributed by atoms with Gasteiger partial charge < -0.3 is 5.11 Å². The van der Waals surface area contributed by atoms with Crippen LogP contribution in [0.5, 0.6) is 5.75 Å². The molecule has 1 aromatic carbocycles. The maximum absolute atomic E-state index is 12.2. The van der Waals surface area contributed by atoms with Crippen molar-refractivity contribution in [3.8, 4) is 5.75 Å². The third-order valence-corrected chi connectivity index (χ3v) is 2.65. The highest BCUT2D eigenvalue weighted by molar-refractivity contribution is 5.26. The van der Waals surface area contributed by atoms with Crippen LogP contribution in [0, 0.1) is 0 Å². The van der Waals surface area contributed by atoms with E-state index in [4.69, 9.17) is 5.11 Å². The molecule has 90 valence electrons. The number of alkyl halides is 2. The molecular formula is C12H17F2NO. The molecule has 0 radical (unpaired) electrons. The molecule has 4 heteroatoms. The molecule has 0 spiro atoms. The van der Waals surface area contributed by atoms with Gasteiger partial charge in [-0.15, -0.1) is 0 Å². The molecule has 0 bridgehead atoms. The van der Waals surface area contributed by atoms with Gasteiger partial charge in [-0.05, 0) is 38.1 Å². The van der Waals surface area contributed by atoms with Gasteiger partial charge in [0.2, 0.25) is 0 Å². The molecule has 0 aliphatic rings. The highest BCUT2D eigenvalue weighted by Gasteiger charge is 2.14. The molecule has 0 aliphatic carbocycles. The summed E-state index contributed by atoms with van der Waals surface area (Å²) >= 11 is 0. The average Bonchev–Trinajstić information content (AvgIpc) is 2.20. The van der Waals surface area contributed by atoms with Crippen LogP contribution >= 0.6 is 0 Å². The minimum Gasteiger partial charge on any atom is -0.508 e.